The second kappa shape index (κ2) is 4.41. The Bertz CT molecular complexity index is 546. The van der Waals surface area contributed by atoms with Crippen LogP contribution in [0.1, 0.15) is 24.1 Å². The van der Waals surface area contributed by atoms with E-state index in [0.717, 1.165) is 11.3 Å². The molecule has 0 amide bonds. The lowest BCUT2D eigenvalue weighted by Gasteiger charge is -2.12. The Morgan fingerprint density at radius 2 is 2.06 bits per heavy atom. The molecule has 1 N–H and O–H groups in total. The Kier molecular flexibility index (Phi) is 2.95. The first-order valence-electron chi connectivity index (χ1n) is 5.44. The topological polar surface area (TPSA) is 55.1 Å². The molecule has 0 saturated heterocycles. The van der Waals surface area contributed by atoms with Gasteiger partial charge in [0.1, 0.15) is 0 Å². The fourth-order valence-corrected chi connectivity index (χ4v) is 1.77. The SMILES string of the molecule is Cc1ccccc1-n1nccc1C(C)C(=O)O. The first kappa shape index (κ1) is 11.4. The summed E-state index contributed by atoms with van der Waals surface area (Å²) in [4.78, 5) is 11.0. The number of benzene rings is 1. The molecule has 1 heterocycles. The molecule has 1 atom stereocenters. The third kappa shape index (κ3) is 2.06. The number of para-hydroxylation sites is 1. The van der Waals surface area contributed by atoms with Gasteiger partial charge in [0.25, 0.3) is 0 Å². The highest BCUT2D eigenvalue weighted by Crippen LogP contribution is 2.21. The molecule has 4 heteroatoms. The second-order valence-corrected chi connectivity index (χ2v) is 4.01. The maximum absolute atomic E-state index is 11.0. The highest BCUT2D eigenvalue weighted by molar-refractivity contribution is 5.75. The highest BCUT2D eigenvalue weighted by atomic mass is 16.4. The molecule has 4 nitrogen and oxygen atoms in total. The molecule has 0 saturated carbocycles. The smallest absolute Gasteiger partial charge is 0.312 e. The lowest BCUT2D eigenvalue weighted by Crippen LogP contribution is -2.13. The van der Waals surface area contributed by atoms with Crippen molar-refractivity contribution in [3.8, 4) is 5.69 Å². The van der Waals surface area contributed by atoms with Gasteiger partial charge >= 0.3 is 5.97 Å². The Balaban J connectivity index is 2.51. The van der Waals surface area contributed by atoms with Crippen LogP contribution in [0.15, 0.2) is 36.5 Å². The van der Waals surface area contributed by atoms with Crippen LogP contribution >= 0.6 is 0 Å². The number of carbonyl (C=O) groups is 1. The van der Waals surface area contributed by atoms with Crippen molar-refractivity contribution in [3.05, 3.63) is 47.8 Å². The molecule has 0 fully saturated rings. The van der Waals surface area contributed by atoms with Gasteiger partial charge in [-0.3, -0.25) is 4.79 Å². The third-order valence-electron chi connectivity index (χ3n) is 2.83. The molecule has 1 unspecified atom stereocenters. The van der Waals surface area contributed by atoms with Crippen molar-refractivity contribution in [1.82, 2.24) is 9.78 Å². The van der Waals surface area contributed by atoms with E-state index in [1.165, 1.54) is 0 Å². The van der Waals surface area contributed by atoms with Crippen LogP contribution < -0.4 is 0 Å². The first-order chi connectivity index (χ1) is 8.11. The average Bonchev–Trinajstić information content (AvgIpc) is 2.77. The predicted octanol–water partition coefficient (Wildman–Crippen LogP) is 2.37. The summed E-state index contributed by atoms with van der Waals surface area (Å²) in [5.41, 5.74) is 2.67. The van der Waals surface area contributed by atoms with Crippen molar-refractivity contribution < 1.29 is 9.90 Å². The van der Waals surface area contributed by atoms with Crippen molar-refractivity contribution in [3.63, 3.8) is 0 Å². The maximum atomic E-state index is 11.0. The van der Waals surface area contributed by atoms with E-state index in [2.05, 4.69) is 5.10 Å². The molecule has 88 valence electrons. The molecule has 0 bridgehead atoms. The van der Waals surface area contributed by atoms with Crippen LogP contribution in [0.3, 0.4) is 0 Å². The minimum Gasteiger partial charge on any atom is -0.481 e. The van der Waals surface area contributed by atoms with E-state index in [1.54, 1.807) is 23.9 Å². The van der Waals surface area contributed by atoms with Crippen molar-refractivity contribution in [2.24, 2.45) is 0 Å². The van der Waals surface area contributed by atoms with Crippen molar-refractivity contribution in [2.45, 2.75) is 19.8 Å². The first-order valence-corrected chi connectivity index (χ1v) is 5.44. The second-order valence-electron chi connectivity index (χ2n) is 4.01. The largest absolute Gasteiger partial charge is 0.481 e. The van der Waals surface area contributed by atoms with Gasteiger partial charge in [-0.15, -0.1) is 0 Å². The van der Waals surface area contributed by atoms with E-state index in [1.807, 2.05) is 31.2 Å². The molecule has 2 rings (SSSR count). The summed E-state index contributed by atoms with van der Waals surface area (Å²) >= 11 is 0. The fourth-order valence-electron chi connectivity index (χ4n) is 1.77. The molecule has 0 aliphatic heterocycles. The Labute approximate surface area is 99.5 Å². The van der Waals surface area contributed by atoms with E-state index in [0.29, 0.717) is 5.69 Å². The van der Waals surface area contributed by atoms with Crippen molar-refractivity contribution >= 4 is 5.97 Å². The lowest BCUT2D eigenvalue weighted by atomic mass is 10.1. The molecule has 1 aromatic carbocycles. The Morgan fingerprint density at radius 1 is 1.35 bits per heavy atom. The summed E-state index contributed by atoms with van der Waals surface area (Å²) < 4.78 is 1.69. The van der Waals surface area contributed by atoms with E-state index in [-0.39, 0.29) is 0 Å². The fraction of sp³-hybridized carbons (Fsp3) is 0.231. The zero-order chi connectivity index (χ0) is 12.4. The van der Waals surface area contributed by atoms with Gasteiger partial charge in [-0.05, 0) is 31.5 Å². The summed E-state index contributed by atoms with van der Waals surface area (Å²) in [7, 11) is 0. The highest BCUT2D eigenvalue weighted by Gasteiger charge is 2.19. The van der Waals surface area contributed by atoms with E-state index >= 15 is 0 Å². The van der Waals surface area contributed by atoms with E-state index in [9.17, 15) is 4.79 Å². The van der Waals surface area contributed by atoms with Gasteiger partial charge in [0, 0.05) is 6.20 Å². The van der Waals surface area contributed by atoms with Crippen LogP contribution in [0.4, 0.5) is 0 Å². The average molecular weight is 230 g/mol. The Morgan fingerprint density at radius 3 is 2.71 bits per heavy atom. The molecule has 0 spiro atoms. The van der Waals surface area contributed by atoms with E-state index in [4.69, 9.17) is 5.11 Å². The molecule has 0 radical (unpaired) electrons. The van der Waals surface area contributed by atoms with E-state index < -0.39 is 11.9 Å². The molecular formula is C13H14N2O2. The van der Waals surface area contributed by atoms with Gasteiger partial charge in [-0.2, -0.15) is 5.10 Å². The molecule has 17 heavy (non-hydrogen) atoms. The number of carboxylic acids is 1. The number of nitrogens with zero attached hydrogens (tertiary/aromatic N) is 2. The zero-order valence-corrected chi connectivity index (χ0v) is 9.79. The zero-order valence-electron chi connectivity index (χ0n) is 9.79. The summed E-state index contributed by atoms with van der Waals surface area (Å²) in [5.74, 6) is -1.42. The minimum absolute atomic E-state index is 0.572. The number of rotatable bonds is 3. The molecule has 2 aromatic rings. The van der Waals surface area contributed by atoms with Crippen LogP contribution in [-0.4, -0.2) is 20.9 Å². The number of aromatic nitrogens is 2. The predicted molar refractivity (Wildman–Crippen MR) is 64.4 cm³/mol. The summed E-state index contributed by atoms with van der Waals surface area (Å²) in [6.07, 6.45) is 1.63. The summed E-state index contributed by atoms with van der Waals surface area (Å²) in [6.45, 7) is 3.64. The number of carboxylic acid groups (broad SMARTS) is 1. The molecule has 1 aromatic heterocycles. The Hall–Kier alpha value is -2.10. The number of hydrogen-bond acceptors (Lipinski definition) is 2. The summed E-state index contributed by atoms with van der Waals surface area (Å²) in [5, 5.41) is 13.3. The van der Waals surface area contributed by atoms with Gasteiger partial charge in [-0.25, -0.2) is 4.68 Å². The van der Waals surface area contributed by atoms with Gasteiger partial charge < -0.3 is 5.11 Å². The third-order valence-corrected chi connectivity index (χ3v) is 2.83. The maximum Gasteiger partial charge on any atom is 0.312 e. The van der Waals surface area contributed by atoms with Gasteiger partial charge in [0.05, 0.1) is 17.3 Å². The summed E-state index contributed by atoms with van der Waals surface area (Å²) in [6, 6.07) is 9.51. The van der Waals surface area contributed by atoms with Crippen LogP contribution in [0, 0.1) is 6.92 Å². The van der Waals surface area contributed by atoms with Crippen molar-refractivity contribution in [1.29, 1.82) is 0 Å². The van der Waals surface area contributed by atoms with Crippen LogP contribution in [0.2, 0.25) is 0 Å². The standard InChI is InChI=1S/C13H14N2O2/c1-9-5-3-4-6-11(9)15-12(7-8-14-15)10(2)13(16)17/h3-8,10H,1-2H3,(H,16,17). The number of aryl methyl sites for hydroxylation is 1. The normalized spacial score (nSPS) is 12.4. The van der Waals surface area contributed by atoms with Crippen molar-refractivity contribution in [2.75, 3.05) is 0 Å². The van der Waals surface area contributed by atoms with Crippen LogP contribution in [0.25, 0.3) is 5.69 Å². The van der Waals surface area contributed by atoms with Crippen LogP contribution in [0.5, 0.6) is 0 Å². The number of aliphatic carboxylic acids is 1. The van der Waals surface area contributed by atoms with Gasteiger partial charge in [0.2, 0.25) is 0 Å². The molecular weight excluding hydrogens is 216 g/mol. The monoisotopic (exact) mass is 230 g/mol. The quantitative estimate of drug-likeness (QED) is 0.880. The lowest BCUT2D eigenvalue weighted by molar-refractivity contribution is -0.138. The van der Waals surface area contributed by atoms with Crippen LogP contribution in [-0.2, 0) is 4.79 Å². The molecule has 0 aliphatic carbocycles. The number of hydrogen-bond donors (Lipinski definition) is 1. The van der Waals surface area contributed by atoms with Gasteiger partial charge in [0.15, 0.2) is 0 Å². The van der Waals surface area contributed by atoms with Gasteiger partial charge in [-0.1, -0.05) is 18.2 Å². The minimum atomic E-state index is -0.847. The molecule has 0 aliphatic rings.